The first-order valence-corrected chi connectivity index (χ1v) is 6.48. The molecular formula is C11H11BrO3S. The summed E-state index contributed by atoms with van der Waals surface area (Å²) in [6, 6.07) is 5.24. The number of benzene rings is 1. The highest BCUT2D eigenvalue weighted by Gasteiger charge is 2.06. The second kappa shape index (κ2) is 6.70. The lowest BCUT2D eigenvalue weighted by molar-refractivity contribution is -0.139. The lowest BCUT2D eigenvalue weighted by Crippen LogP contribution is -2.06. The van der Waals surface area contributed by atoms with E-state index in [9.17, 15) is 9.59 Å². The molecule has 0 heterocycles. The Balaban J connectivity index is 2.60. The van der Waals surface area contributed by atoms with Crippen molar-refractivity contribution in [2.45, 2.75) is 11.8 Å². The molecule has 16 heavy (non-hydrogen) atoms. The number of hydrogen-bond acceptors (Lipinski definition) is 4. The van der Waals surface area contributed by atoms with E-state index in [1.807, 2.05) is 0 Å². The fourth-order valence-corrected chi connectivity index (χ4v) is 2.50. The maximum atomic E-state index is 11.1. The third kappa shape index (κ3) is 3.98. The Morgan fingerprint density at radius 1 is 1.56 bits per heavy atom. The van der Waals surface area contributed by atoms with Crippen molar-refractivity contribution >= 4 is 39.9 Å². The van der Waals surface area contributed by atoms with Crippen LogP contribution < -0.4 is 0 Å². The molecule has 5 heteroatoms. The van der Waals surface area contributed by atoms with Crippen LogP contribution in [0.4, 0.5) is 0 Å². The third-order valence-corrected chi connectivity index (χ3v) is 3.71. The van der Waals surface area contributed by atoms with E-state index in [1.54, 1.807) is 25.1 Å². The maximum Gasteiger partial charge on any atom is 0.316 e. The topological polar surface area (TPSA) is 43.4 Å². The van der Waals surface area contributed by atoms with Crippen molar-refractivity contribution in [3.63, 3.8) is 0 Å². The minimum atomic E-state index is -0.237. The number of thioether (sulfide) groups is 1. The predicted octanol–water partition coefficient (Wildman–Crippen LogP) is 2.92. The highest BCUT2D eigenvalue weighted by Crippen LogP contribution is 2.28. The normalized spacial score (nSPS) is 9.88. The van der Waals surface area contributed by atoms with Crippen molar-refractivity contribution in [2.75, 3.05) is 12.4 Å². The van der Waals surface area contributed by atoms with Crippen LogP contribution in [0.5, 0.6) is 0 Å². The molecule has 0 spiro atoms. The Labute approximate surface area is 107 Å². The van der Waals surface area contributed by atoms with E-state index in [0.717, 1.165) is 15.7 Å². The van der Waals surface area contributed by atoms with Gasteiger partial charge in [0, 0.05) is 14.9 Å². The van der Waals surface area contributed by atoms with Gasteiger partial charge in [0.1, 0.15) is 6.29 Å². The lowest BCUT2D eigenvalue weighted by Gasteiger charge is -2.04. The number of ether oxygens (including phenoxy) is 1. The molecular weight excluding hydrogens is 292 g/mol. The van der Waals surface area contributed by atoms with Gasteiger partial charge in [-0.1, -0.05) is 6.07 Å². The Kier molecular flexibility index (Phi) is 5.55. The van der Waals surface area contributed by atoms with Crippen molar-refractivity contribution in [2.24, 2.45) is 0 Å². The van der Waals surface area contributed by atoms with Gasteiger partial charge >= 0.3 is 5.97 Å². The molecule has 0 saturated heterocycles. The average Bonchev–Trinajstić information content (AvgIpc) is 2.27. The van der Waals surface area contributed by atoms with Gasteiger partial charge in [-0.05, 0) is 35.0 Å². The molecule has 1 aromatic rings. The second-order valence-electron chi connectivity index (χ2n) is 2.90. The monoisotopic (exact) mass is 302 g/mol. The van der Waals surface area contributed by atoms with Crippen LogP contribution in [0, 0.1) is 0 Å². The van der Waals surface area contributed by atoms with Gasteiger partial charge < -0.3 is 4.74 Å². The van der Waals surface area contributed by atoms with E-state index in [2.05, 4.69) is 15.9 Å². The van der Waals surface area contributed by atoms with E-state index in [-0.39, 0.29) is 11.7 Å². The molecule has 86 valence electrons. The molecule has 0 saturated carbocycles. The lowest BCUT2D eigenvalue weighted by atomic mass is 10.2. The molecule has 3 nitrogen and oxygen atoms in total. The molecule has 1 aromatic carbocycles. The van der Waals surface area contributed by atoms with Gasteiger partial charge in [-0.15, -0.1) is 11.8 Å². The van der Waals surface area contributed by atoms with Crippen molar-refractivity contribution in [1.29, 1.82) is 0 Å². The summed E-state index contributed by atoms with van der Waals surface area (Å²) in [5, 5.41) is 0. The molecule has 0 N–H and O–H groups in total. The van der Waals surface area contributed by atoms with Gasteiger partial charge in [-0.3, -0.25) is 9.59 Å². The van der Waals surface area contributed by atoms with Gasteiger partial charge in [0.25, 0.3) is 0 Å². The first-order valence-electron chi connectivity index (χ1n) is 4.70. The molecule has 0 atom stereocenters. The van der Waals surface area contributed by atoms with Crippen LogP contribution in [0.3, 0.4) is 0 Å². The summed E-state index contributed by atoms with van der Waals surface area (Å²) in [6.45, 7) is 2.17. The van der Waals surface area contributed by atoms with E-state index in [4.69, 9.17) is 4.74 Å². The zero-order chi connectivity index (χ0) is 12.0. The molecule has 0 amide bonds. The number of carbonyl (C=O) groups is 2. The predicted molar refractivity (Wildman–Crippen MR) is 66.9 cm³/mol. The summed E-state index contributed by atoms with van der Waals surface area (Å²) < 4.78 is 5.63. The molecule has 0 aliphatic rings. The van der Waals surface area contributed by atoms with Crippen LogP contribution >= 0.6 is 27.7 Å². The Morgan fingerprint density at radius 3 is 2.88 bits per heavy atom. The molecule has 0 bridgehead atoms. The van der Waals surface area contributed by atoms with Gasteiger partial charge in [0.2, 0.25) is 0 Å². The highest BCUT2D eigenvalue weighted by molar-refractivity contribution is 9.10. The van der Waals surface area contributed by atoms with Gasteiger partial charge in [0.05, 0.1) is 12.4 Å². The summed E-state index contributed by atoms with van der Waals surface area (Å²) >= 11 is 4.72. The molecule has 0 unspecified atom stereocenters. The molecule has 0 radical (unpaired) electrons. The number of carbonyl (C=O) groups excluding carboxylic acids is 2. The van der Waals surface area contributed by atoms with Crippen LogP contribution in [0.25, 0.3) is 0 Å². The molecule has 0 aliphatic carbocycles. The summed E-state index contributed by atoms with van der Waals surface area (Å²) in [4.78, 5) is 22.6. The number of hydrogen-bond donors (Lipinski definition) is 0. The Hall–Kier alpha value is -0.810. The van der Waals surface area contributed by atoms with E-state index >= 15 is 0 Å². The number of halogens is 1. The summed E-state index contributed by atoms with van der Waals surface area (Å²) in [5.41, 5.74) is 0.604. The zero-order valence-electron chi connectivity index (χ0n) is 8.73. The number of aldehydes is 1. The van der Waals surface area contributed by atoms with Crippen molar-refractivity contribution < 1.29 is 14.3 Å². The minimum Gasteiger partial charge on any atom is -0.465 e. The van der Waals surface area contributed by atoms with Gasteiger partial charge in [-0.2, -0.15) is 0 Å². The molecule has 0 aromatic heterocycles. The summed E-state index contributed by atoms with van der Waals surface area (Å²) in [7, 11) is 0. The van der Waals surface area contributed by atoms with E-state index in [0.29, 0.717) is 12.2 Å². The maximum absolute atomic E-state index is 11.1. The second-order valence-corrected chi connectivity index (χ2v) is 4.77. The molecule has 1 rings (SSSR count). The Bertz CT molecular complexity index is 393. The summed E-state index contributed by atoms with van der Waals surface area (Å²) in [6.07, 6.45) is 0.782. The standard InChI is InChI=1S/C11H11BrO3S/c1-2-15-11(14)7-16-10-4-3-8(6-13)5-9(10)12/h3-6H,2,7H2,1H3. The van der Waals surface area contributed by atoms with Crippen LogP contribution in [0.1, 0.15) is 17.3 Å². The van der Waals surface area contributed by atoms with Crippen molar-refractivity contribution in [1.82, 2.24) is 0 Å². The number of rotatable bonds is 5. The zero-order valence-corrected chi connectivity index (χ0v) is 11.1. The SMILES string of the molecule is CCOC(=O)CSc1ccc(C=O)cc1Br. The van der Waals surface area contributed by atoms with Crippen LogP contribution in [0.15, 0.2) is 27.6 Å². The van der Waals surface area contributed by atoms with Gasteiger partial charge in [0.15, 0.2) is 0 Å². The van der Waals surface area contributed by atoms with Crippen LogP contribution in [-0.4, -0.2) is 24.6 Å². The molecule has 0 aliphatic heterocycles. The smallest absolute Gasteiger partial charge is 0.316 e. The minimum absolute atomic E-state index is 0.237. The summed E-state index contributed by atoms with van der Waals surface area (Å²) in [5.74, 6) is 0.0335. The fraction of sp³-hybridized carbons (Fsp3) is 0.273. The van der Waals surface area contributed by atoms with E-state index in [1.165, 1.54) is 11.8 Å². The molecule has 0 fully saturated rings. The quantitative estimate of drug-likeness (QED) is 0.476. The van der Waals surface area contributed by atoms with E-state index < -0.39 is 0 Å². The average molecular weight is 303 g/mol. The Morgan fingerprint density at radius 2 is 2.31 bits per heavy atom. The first kappa shape index (κ1) is 13.3. The van der Waals surface area contributed by atoms with Crippen molar-refractivity contribution in [3.8, 4) is 0 Å². The third-order valence-electron chi connectivity index (χ3n) is 1.74. The fourth-order valence-electron chi connectivity index (χ4n) is 1.05. The number of esters is 1. The first-order chi connectivity index (χ1) is 7.67. The highest BCUT2D eigenvalue weighted by atomic mass is 79.9. The van der Waals surface area contributed by atoms with Crippen LogP contribution in [-0.2, 0) is 9.53 Å². The van der Waals surface area contributed by atoms with Gasteiger partial charge in [-0.25, -0.2) is 0 Å². The largest absolute Gasteiger partial charge is 0.465 e. The van der Waals surface area contributed by atoms with Crippen molar-refractivity contribution in [3.05, 3.63) is 28.2 Å². The van der Waals surface area contributed by atoms with Crippen LogP contribution in [0.2, 0.25) is 0 Å².